The number of para-hydroxylation sites is 1. The number of hydrogen-bond donors (Lipinski definition) is 4. The number of ether oxygens (including phenoxy) is 1. The summed E-state index contributed by atoms with van der Waals surface area (Å²) < 4.78 is 4.81. The van der Waals surface area contributed by atoms with Crippen LogP contribution in [-0.2, 0) is 25.5 Å². The van der Waals surface area contributed by atoms with E-state index in [1.54, 1.807) is 38.1 Å². The highest BCUT2D eigenvalue weighted by atomic mass is 16.5. The van der Waals surface area contributed by atoms with Crippen molar-refractivity contribution in [3.8, 4) is 0 Å². The van der Waals surface area contributed by atoms with Crippen LogP contribution in [0.15, 0.2) is 54.7 Å². The molecule has 8 nitrogen and oxygen atoms in total. The van der Waals surface area contributed by atoms with Crippen LogP contribution in [0.25, 0.3) is 10.9 Å². The number of carbonyl (C=O) groups is 3. The Morgan fingerprint density at radius 2 is 1.69 bits per heavy atom. The lowest BCUT2D eigenvalue weighted by Gasteiger charge is -2.20. The molecule has 3 aromatic rings. The predicted molar refractivity (Wildman–Crippen MR) is 124 cm³/mol. The number of anilines is 2. The Bertz CT molecular complexity index is 1110. The number of nitrogens with one attached hydrogen (secondary N) is 4. The first-order valence-corrected chi connectivity index (χ1v) is 10.4. The van der Waals surface area contributed by atoms with Crippen molar-refractivity contribution >= 4 is 40.0 Å². The molecule has 1 atom stereocenters. The van der Waals surface area contributed by atoms with Gasteiger partial charge in [0.25, 0.3) is 0 Å². The second-order valence-electron chi connectivity index (χ2n) is 7.83. The molecule has 0 bridgehead atoms. The number of aromatic amines is 1. The van der Waals surface area contributed by atoms with E-state index >= 15 is 0 Å². The van der Waals surface area contributed by atoms with E-state index in [-0.39, 0.29) is 30.2 Å². The smallest absolute Gasteiger partial charge is 0.250 e. The number of H-pyrrole nitrogens is 1. The summed E-state index contributed by atoms with van der Waals surface area (Å²) in [6.07, 6.45) is 2.19. The second kappa shape index (κ2) is 10.6. The summed E-state index contributed by atoms with van der Waals surface area (Å²) in [5, 5.41) is 9.40. The molecule has 4 N–H and O–H groups in total. The van der Waals surface area contributed by atoms with Gasteiger partial charge in [-0.1, -0.05) is 38.1 Å². The third kappa shape index (κ3) is 5.95. The molecule has 168 valence electrons. The van der Waals surface area contributed by atoms with Gasteiger partial charge in [0, 0.05) is 47.9 Å². The maximum atomic E-state index is 13.1. The molecule has 1 heterocycles. The summed E-state index contributed by atoms with van der Waals surface area (Å²) in [4.78, 5) is 40.5. The summed E-state index contributed by atoms with van der Waals surface area (Å²) >= 11 is 0. The maximum Gasteiger partial charge on any atom is 0.250 e. The highest BCUT2D eigenvalue weighted by Gasteiger charge is 2.24. The van der Waals surface area contributed by atoms with Crippen molar-refractivity contribution < 1.29 is 19.1 Å². The van der Waals surface area contributed by atoms with Gasteiger partial charge in [-0.15, -0.1) is 0 Å². The van der Waals surface area contributed by atoms with Gasteiger partial charge in [0.05, 0.1) is 0 Å². The molecule has 1 aromatic heterocycles. The van der Waals surface area contributed by atoms with E-state index in [4.69, 9.17) is 4.74 Å². The molecular weight excluding hydrogens is 408 g/mol. The van der Waals surface area contributed by atoms with Crippen LogP contribution in [0.1, 0.15) is 19.4 Å². The minimum atomic E-state index is -0.768. The Balaban J connectivity index is 1.78. The van der Waals surface area contributed by atoms with E-state index in [1.807, 2.05) is 30.5 Å². The lowest BCUT2D eigenvalue weighted by Crippen LogP contribution is -2.46. The van der Waals surface area contributed by atoms with Gasteiger partial charge >= 0.3 is 0 Å². The zero-order valence-corrected chi connectivity index (χ0v) is 18.4. The molecule has 0 saturated carbocycles. The Labute approximate surface area is 186 Å². The number of amides is 3. The molecule has 1 unspecified atom stereocenters. The van der Waals surface area contributed by atoms with Crippen molar-refractivity contribution in [2.45, 2.75) is 26.3 Å². The van der Waals surface area contributed by atoms with Crippen LogP contribution in [0, 0.1) is 5.92 Å². The van der Waals surface area contributed by atoms with Crippen molar-refractivity contribution in [3.63, 3.8) is 0 Å². The fourth-order valence-corrected chi connectivity index (χ4v) is 3.30. The van der Waals surface area contributed by atoms with Crippen LogP contribution >= 0.6 is 0 Å². The number of methoxy groups -OCH3 is 1. The standard InChI is InChI=1S/C24H28N4O4/c1-15(2)23(30)28-21(11-16-13-25-20-10-5-4-9-19(16)20)24(31)27-18-8-6-7-17(12-18)26-22(29)14-32-3/h4-10,12-13,15,21,25H,11,14H2,1-3H3,(H,26,29)(H,27,31)(H,28,30). The number of rotatable bonds is 9. The van der Waals surface area contributed by atoms with Crippen LogP contribution < -0.4 is 16.0 Å². The minimum absolute atomic E-state index is 0.0650. The lowest BCUT2D eigenvalue weighted by atomic mass is 10.0. The largest absolute Gasteiger partial charge is 0.375 e. The van der Waals surface area contributed by atoms with Gasteiger partial charge in [-0.25, -0.2) is 0 Å². The first kappa shape index (κ1) is 23.0. The second-order valence-corrected chi connectivity index (χ2v) is 7.83. The number of hydrogen-bond acceptors (Lipinski definition) is 4. The number of fused-ring (bicyclic) bond motifs is 1. The van der Waals surface area contributed by atoms with Crippen molar-refractivity contribution in [1.82, 2.24) is 10.3 Å². The first-order valence-electron chi connectivity index (χ1n) is 10.4. The molecular formula is C24H28N4O4. The highest BCUT2D eigenvalue weighted by molar-refractivity contribution is 5.99. The van der Waals surface area contributed by atoms with Gasteiger partial charge in [0.15, 0.2) is 0 Å². The summed E-state index contributed by atoms with van der Waals surface area (Å²) in [7, 11) is 1.44. The minimum Gasteiger partial charge on any atom is -0.375 e. The quantitative estimate of drug-likeness (QED) is 0.413. The number of benzene rings is 2. The predicted octanol–water partition coefficient (Wildman–Crippen LogP) is 3.07. The van der Waals surface area contributed by atoms with Crippen LogP contribution in [0.4, 0.5) is 11.4 Å². The summed E-state index contributed by atoms with van der Waals surface area (Å²) in [5.74, 6) is -1.10. The SMILES string of the molecule is COCC(=O)Nc1cccc(NC(=O)C(Cc2c[nH]c3ccccc23)NC(=O)C(C)C)c1. The maximum absolute atomic E-state index is 13.1. The van der Waals surface area contributed by atoms with E-state index in [2.05, 4.69) is 20.9 Å². The molecule has 32 heavy (non-hydrogen) atoms. The van der Waals surface area contributed by atoms with Crippen LogP contribution in [-0.4, -0.2) is 42.5 Å². The molecule has 0 radical (unpaired) electrons. The highest BCUT2D eigenvalue weighted by Crippen LogP contribution is 2.20. The molecule has 2 aromatic carbocycles. The van der Waals surface area contributed by atoms with E-state index in [1.165, 1.54) is 7.11 Å². The van der Waals surface area contributed by atoms with Gasteiger partial charge in [0.1, 0.15) is 12.6 Å². The molecule has 3 rings (SSSR count). The molecule has 0 saturated heterocycles. The Morgan fingerprint density at radius 3 is 2.41 bits per heavy atom. The van der Waals surface area contributed by atoms with Gasteiger partial charge in [-0.3, -0.25) is 14.4 Å². The normalized spacial score (nSPS) is 11.9. The molecule has 3 amide bonds. The zero-order valence-electron chi connectivity index (χ0n) is 18.4. The summed E-state index contributed by atoms with van der Waals surface area (Å²) in [6, 6.07) is 13.9. The molecule has 0 fully saturated rings. The fourth-order valence-electron chi connectivity index (χ4n) is 3.30. The molecule has 0 aliphatic heterocycles. The average Bonchev–Trinajstić information content (AvgIpc) is 3.16. The van der Waals surface area contributed by atoms with Crippen LogP contribution in [0.3, 0.4) is 0 Å². The first-order chi connectivity index (χ1) is 15.4. The third-order valence-corrected chi connectivity index (χ3v) is 4.95. The summed E-state index contributed by atoms with van der Waals surface area (Å²) in [5.41, 5.74) is 2.94. The van der Waals surface area contributed by atoms with Crippen molar-refractivity contribution in [3.05, 3.63) is 60.3 Å². The van der Waals surface area contributed by atoms with Gasteiger partial charge in [-0.05, 0) is 29.8 Å². The van der Waals surface area contributed by atoms with E-state index in [9.17, 15) is 14.4 Å². The molecule has 0 spiro atoms. The Kier molecular flexibility index (Phi) is 7.62. The van der Waals surface area contributed by atoms with E-state index in [0.29, 0.717) is 17.8 Å². The van der Waals surface area contributed by atoms with Gasteiger partial charge in [0.2, 0.25) is 17.7 Å². The zero-order chi connectivity index (χ0) is 23.1. The van der Waals surface area contributed by atoms with E-state index in [0.717, 1.165) is 16.5 Å². The topological polar surface area (TPSA) is 112 Å². The molecule has 8 heteroatoms. The monoisotopic (exact) mass is 436 g/mol. The lowest BCUT2D eigenvalue weighted by molar-refractivity contribution is -0.128. The molecule has 0 aliphatic carbocycles. The third-order valence-electron chi connectivity index (χ3n) is 4.95. The van der Waals surface area contributed by atoms with Crippen molar-refractivity contribution in [1.29, 1.82) is 0 Å². The average molecular weight is 437 g/mol. The summed E-state index contributed by atoms with van der Waals surface area (Å²) in [6.45, 7) is 3.49. The number of carbonyl (C=O) groups excluding carboxylic acids is 3. The van der Waals surface area contributed by atoms with Gasteiger partial charge in [-0.2, -0.15) is 0 Å². The Morgan fingerprint density at radius 1 is 0.969 bits per heavy atom. The Hall–Kier alpha value is -3.65. The van der Waals surface area contributed by atoms with Crippen LogP contribution in [0.5, 0.6) is 0 Å². The van der Waals surface area contributed by atoms with E-state index < -0.39 is 6.04 Å². The van der Waals surface area contributed by atoms with Crippen LogP contribution in [0.2, 0.25) is 0 Å². The van der Waals surface area contributed by atoms with Crippen molar-refractivity contribution in [2.75, 3.05) is 24.4 Å². The number of aromatic nitrogens is 1. The van der Waals surface area contributed by atoms with Crippen molar-refractivity contribution in [2.24, 2.45) is 5.92 Å². The fraction of sp³-hybridized carbons (Fsp3) is 0.292. The molecule has 0 aliphatic rings. The van der Waals surface area contributed by atoms with Gasteiger partial charge < -0.3 is 25.7 Å².